The lowest BCUT2D eigenvalue weighted by molar-refractivity contribution is -0.113. The van der Waals surface area contributed by atoms with Crippen LogP contribution in [0.1, 0.15) is 17.6 Å². The first-order chi connectivity index (χ1) is 13.6. The number of carbonyl (C=O) groups is 1. The minimum atomic E-state index is -0.195. The van der Waals surface area contributed by atoms with Crippen molar-refractivity contribution in [2.75, 3.05) is 11.1 Å². The SMILES string of the molecule is CCc1cc2c(=O)n(Cc3ccco3)c(SCC(=O)Nc3nccs3)nc2s1. The molecule has 0 aliphatic rings. The molecule has 0 atom stereocenters. The first kappa shape index (κ1) is 18.9. The van der Waals surface area contributed by atoms with E-state index in [2.05, 4.69) is 15.3 Å². The van der Waals surface area contributed by atoms with E-state index in [0.29, 0.717) is 26.3 Å². The number of nitrogens with zero attached hydrogens (tertiary/aromatic N) is 3. The van der Waals surface area contributed by atoms with Gasteiger partial charge in [0.1, 0.15) is 10.6 Å². The first-order valence-electron chi connectivity index (χ1n) is 8.52. The van der Waals surface area contributed by atoms with Crippen molar-refractivity contribution in [1.82, 2.24) is 14.5 Å². The predicted octanol–water partition coefficient (Wildman–Crippen LogP) is 3.85. The molecule has 1 amide bonds. The van der Waals surface area contributed by atoms with Gasteiger partial charge in [-0.1, -0.05) is 18.7 Å². The number of thiophene rings is 1. The maximum absolute atomic E-state index is 13.1. The van der Waals surface area contributed by atoms with Gasteiger partial charge in [-0.05, 0) is 24.6 Å². The number of furan rings is 1. The van der Waals surface area contributed by atoms with Gasteiger partial charge in [-0.25, -0.2) is 9.97 Å². The largest absolute Gasteiger partial charge is 0.467 e. The number of hydrogen-bond acceptors (Lipinski definition) is 8. The van der Waals surface area contributed by atoms with Crippen molar-refractivity contribution in [2.24, 2.45) is 0 Å². The van der Waals surface area contributed by atoms with Crippen molar-refractivity contribution in [3.63, 3.8) is 0 Å². The molecule has 28 heavy (non-hydrogen) atoms. The highest BCUT2D eigenvalue weighted by Gasteiger charge is 2.17. The summed E-state index contributed by atoms with van der Waals surface area (Å²) >= 11 is 4.09. The van der Waals surface area contributed by atoms with E-state index in [1.807, 2.05) is 19.1 Å². The molecule has 4 rings (SSSR count). The fourth-order valence-corrected chi connectivity index (χ4v) is 4.95. The van der Waals surface area contributed by atoms with E-state index >= 15 is 0 Å². The van der Waals surface area contributed by atoms with Crippen molar-refractivity contribution in [3.8, 4) is 0 Å². The van der Waals surface area contributed by atoms with E-state index in [4.69, 9.17) is 4.42 Å². The molecule has 0 fully saturated rings. The Kier molecular flexibility index (Phi) is 5.60. The summed E-state index contributed by atoms with van der Waals surface area (Å²) in [4.78, 5) is 35.8. The zero-order valence-electron chi connectivity index (χ0n) is 14.9. The van der Waals surface area contributed by atoms with Crippen molar-refractivity contribution in [1.29, 1.82) is 0 Å². The lowest BCUT2D eigenvalue weighted by Gasteiger charge is -2.10. The van der Waals surface area contributed by atoms with Crippen molar-refractivity contribution in [2.45, 2.75) is 25.0 Å². The van der Waals surface area contributed by atoms with Crippen LogP contribution in [0.25, 0.3) is 10.2 Å². The predicted molar refractivity (Wildman–Crippen MR) is 113 cm³/mol. The van der Waals surface area contributed by atoms with Crippen molar-refractivity contribution < 1.29 is 9.21 Å². The number of fused-ring (bicyclic) bond motifs is 1. The molecule has 0 aromatic carbocycles. The molecule has 4 aromatic rings. The highest BCUT2D eigenvalue weighted by Crippen LogP contribution is 2.26. The second-order valence-electron chi connectivity index (χ2n) is 5.82. The van der Waals surface area contributed by atoms with Crippen LogP contribution in [-0.2, 0) is 17.8 Å². The van der Waals surface area contributed by atoms with Crippen molar-refractivity contribution in [3.05, 3.63) is 57.0 Å². The molecular weight excluding hydrogens is 416 g/mol. The Morgan fingerprint density at radius 3 is 3.04 bits per heavy atom. The van der Waals surface area contributed by atoms with Crippen LogP contribution in [0.2, 0.25) is 0 Å². The monoisotopic (exact) mass is 432 g/mol. The number of amides is 1. The van der Waals surface area contributed by atoms with E-state index in [9.17, 15) is 9.59 Å². The Labute approximate surface area is 172 Å². The molecular formula is C18H16N4O3S3. The molecule has 7 nitrogen and oxygen atoms in total. The first-order valence-corrected chi connectivity index (χ1v) is 11.2. The summed E-state index contributed by atoms with van der Waals surface area (Å²) in [6.07, 6.45) is 4.05. The Morgan fingerprint density at radius 1 is 1.43 bits per heavy atom. The maximum Gasteiger partial charge on any atom is 0.263 e. The fourth-order valence-electron chi connectivity index (χ4n) is 2.60. The molecule has 0 saturated carbocycles. The highest BCUT2D eigenvalue weighted by molar-refractivity contribution is 7.99. The summed E-state index contributed by atoms with van der Waals surface area (Å²) in [5.74, 6) is 0.587. The summed E-state index contributed by atoms with van der Waals surface area (Å²) in [5.41, 5.74) is -0.125. The number of rotatable bonds is 7. The molecule has 0 aliphatic carbocycles. The number of anilines is 1. The minimum absolute atomic E-state index is 0.125. The number of carbonyl (C=O) groups excluding carboxylic acids is 1. The van der Waals surface area contributed by atoms with E-state index < -0.39 is 0 Å². The third-order valence-corrected chi connectivity index (χ3v) is 6.76. The molecule has 0 radical (unpaired) electrons. The second-order valence-corrected chi connectivity index (χ2v) is 8.78. The Morgan fingerprint density at radius 2 is 2.32 bits per heavy atom. The van der Waals surface area contributed by atoms with Gasteiger partial charge in [-0.15, -0.1) is 22.7 Å². The van der Waals surface area contributed by atoms with Gasteiger partial charge in [-0.3, -0.25) is 14.2 Å². The molecule has 1 N–H and O–H groups in total. The average molecular weight is 433 g/mol. The van der Waals surface area contributed by atoms with E-state index in [0.717, 1.165) is 11.3 Å². The third-order valence-electron chi connectivity index (χ3n) is 3.92. The summed E-state index contributed by atoms with van der Waals surface area (Å²) in [6, 6.07) is 5.49. The van der Waals surface area contributed by atoms with Gasteiger partial charge in [0.25, 0.3) is 5.56 Å². The van der Waals surface area contributed by atoms with Gasteiger partial charge in [0.15, 0.2) is 10.3 Å². The summed E-state index contributed by atoms with van der Waals surface area (Å²) in [7, 11) is 0. The number of aromatic nitrogens is 3. The van der Waals surface area contributed by atoms with Gasteiger partial charge in [-0.2, -0.15) is 0 Å². The molecule has 0 aliphatic heterocycles. The van der Waals surface area contributed by atoms with Crippen LogP contribution >= 0.6 is 34.4 Å². The molecule has 10 heteroatoms. The second kappa shape index (κ2) is 8.29. The van der Waals surface area contributed by atoms with E-state index in [1.165, 1.54) is 34.4 Å². The van der Waals surface area contributed by atoms with Gasteiger partial charge in [0.05, 0.1) is 23.9 Å². The van der Waals surface area contributed by atoms with Crippen LogP contribution < -0.4 is 10.9 Å². The molecule has 144 valence electrons. The Hall–Kier alpha value is -2.43. The molecule has 0 saturated heterocycles. The number of aryl methyl sites for hydroxylation is 1. The number of nitrogens with one attached hydrogen (secondary N) is 1. The van der Waals surface area contributed by atoms with Gasteiger partial charge >= 0.3 is 0 Å². The lowest BCUT2D eigenvalue weighted by Crippen LogP contribution is -2.24. The van der Waals surface area contributed by atoms with Gasteiger partial charge in [0.2, 0.25) is 5.91 Å². The maximum atomic E-state index is 13.1. The summed E-state index contributed by atoms with van der Waals surface area (Å²) < 4.78 is 6.97. The smallest absolute Gasteiger partial charge is 0.263 e. The van der Waals surface area contributed by atoms with Crippen LogP contribution in [0.5, 0.6) is 0 Å². The molecule has 4 aromatic heterocycles. The zero-order valence-corrected chi connectivity index (χ0v) is 17.3. The van der Waals surface area contributed by atoms with Crippen molar-refractivity contribution >= 4 is 55.7 Å². The zero-order chi connectivity index (χ0) is 19.5. The highest BCUT2D eigenvalue weighted by atomic mass is 32.2. The van der Waals surface area contributed by atoms with Gasteiger partial charge in [0, 0.05) is 16.5 Å². The van der Waals surface area contributed by atoms with Crippen LogP contribution in [0.15, 0.2) is 50.4 Å². The normalized spacial score (nSPS) is 11.2. The average Bonchev–Trinajstić information content (AvgIpc) is 3.44. The lowest BCUT2D eigenvalue weighted by atomic mass is 10.3. The molecule has 0 bridgehead atoms. The number of thioether (sulfide) groups is 1. The topological polar surface area (TPSA) is 90.0 Å². The molecule has 4 heterocycles. The number of hydrogen-bond donors (Lipinski definition) is 1. The van der Waals surface area contributed by atoms with Crippen LogP contribution in [0.4, 0.5) is 5.13 Å². The van der Waals surface area contributed by atoms with Gasteiger partial charge < -0.3 is 9.73 Å². The quantitative estimate of drug-likeness (QED) is 0.352. The fraction of sp³-hybridized carbons (Fsp3) is 0.222. The van der Waals surface area contributed by atoms with Crippen LogP contribution in [-0.4, -0.2) is 26.2 Å². The van der Waals surface area contributed by atoms with Crippen LogP contribution in [0.3, 0.4) is 0 Å². The summed E-state index contributed by atoms with van der Waals surface area (Å²) in [5, 5.41) is 6.18. The van der Waals surface area contributed by atoms with E-state index in [-0.39, 0.29) is 23.8 Å². The van der Waals surface area contributed by atoms with Crippen LogP contribution in [0, 0.1) is 0 Å². The molecule has 0 unspecified atom stereocenters. The summed E-state index contributed by atoms with van der Waals surface area (Å²) in [6.45, 7) is 2.31. The third kappa shape index (κ3) is 4.03. The standard InChI is InChI=1S/C18H16N4O3S3/c1-2-12-8-13-15(28-12)21-18(22(16(13)24)9-11-4-3-6-25-11)27-10-14(23)20-17-19-5-7-26-17/h3-8H,2,9-10H2,1H3,(H,19,20,23). The molecule has 0 spiro atoms. The Bertz CT molecular complexity index is 1150. The minimum Gasteiger partial charge on any atom is -0.467 e. The Balaban J connectivity index is 1.64. The van der Waals surface area contributed by atoms with E-state index in [1.54, 1.807) is 28.5 Å². The number of thiazole rings is 1.